The number of nitrogens with one attached hydrogen (secondary N) is 1. The number of carbonyl (C=O) groups is 1. The summed E-state index contributed by atoms with van der Waals surface area (Å²) in [6.07, 6.45) is 0.666. The van der Waals surface area contributed by atoms with Crippen molar-refractivity contribution in [3.63, 3.8) is 0 Å². The van der Waals surface area contributed by atoms with Crippen molar-refractivity contribution in [1.29, 1.82) is 0 Å². The molecule has 0 spiro atoms. The fourth-order valence-corrected chi connectivity index (χ4v) is 2.70. The van der Waals surface area contributed by atoms with Gasteiger partial charge in [0.25, 0.3) is 5.91 Å². The van der Waals surface area contributed by atoms with Crippen LogP contribution in [0.5, 0.6) is 23.0 Å². The molecule has 0 bridgehead atoms. The van der Waals surface area contributed by atoms with Gasteiger partial charge in [0.2, 0.25) is 6.10 Å². The van der Waals surface area contributed by atoms with Crippen molar-refractivity contribution in [2.24, 2.45) is 5.10 Å². The van der Waals surface area contributed by atoms with Crippen LogP contribution in [0.3, 0.4) is 0 Å². The number of amides is 1. The molecular weight excluding hydrogens is 360 g/mol. The lowest BCUT2D eigenvalue weighted by atomic mass is 10.2. The number of para-hydroxylation sites is 2. The highest BCUT2D eigenvalue weighted by atomic mass is 35.5. The van der Waals surface area contributed by atoms with Crippen LogP contribution < -0.4 is 24.4 Å². The summed E-state index contributed by atoms with van der Waals surface area (Å²) >= 11 is 6.13. The van der Waals surface area contributed by atoms with Crippen LogP contribution in [0.25, 0.3) is 0 Å². The molecule has 1 amide bonds. The summed E-state index contributed by atoms with van der Waals surface area (Å²) in [5, 5.41) is 4.30. The van der Waals surface area contributed by atoms with E-state index in [9.17, 15) is 4.79 Å². The minimum atomic E-state index is -0.781. The summed E-state index contributed by atoms with van der Waals surface area (Å²) in [7, 11) is 3.01. The van der Waals surface area contributed by atoms with Crippen LogP contribution in [-0.2, 0) is 4.79 Å². The summed E-state index contributed by atoms with van der Waals surface area (Å²) < 4.78 is 21.5. The van der Waals surface area contributed by atoms with Crippen LogP contribution in [0.15, 0.2) is 41.5 Å². The van der Waals surface area contributed by atoms with E-state index < -0.39 is 12.0 Å². The van der Waals surface area contributed by atoms with E-state index in [4.69, 9.17) is 30.5 Å². The van der Waals surface area contributed by atoms with Crippen molar-refractivity contribution in [1.82, 2.24) is 5.43 Å². The summed E-state index contributed by atoms with van der Waals surface area (Å²) in [4.78, 5) is 12.2. The Hall–Kier alpha value is -2.93. The zero-order valence-electron chi connectivity index (χ0n) is 14.2. The Labute approximate surface area is 155 Å². The number of hydrazone groups is 1. The molecule has 136 valence electrons. The van der Waals surface area contributed by atoms with Crippen LogP contribution in [0.1, 0.15) is 5.56 Å². The first-order chi connectivity index (χ1) is 12.6. The highest BCUT2D eigenvalue weighted by molar-refractivity contribution is 6.32. The average Bonchev–Trinajstić information content (AvgIpc) is 2.67. The topological polar surface area (TPSA) is 78.4 Å². The maximum atomic E-state index is 12.2. The van der Waals surface area contributed by atoms with Crippen molar-refractivity contribution < 1.29 is 23.7 Å². The lowest BCUT2D eigenvalue weighted by Crippen LogP contribution is -2.42. The standard InChI is InChI=1S/C18H17ClN2O5/c1-23-15-8-11(7-12(19)17(15)24-2)9-20-21-18(22)16-10-25-13-5-3-4-6-14(13)26-16/h3-9,16H,10H2,1-2H3,(H,21,22). The molecular formula is C18H17ClN2O5. The summed E-state index contributed by atoms with van der Waals surface area (Å²) in [5.74, 6) is 1.62. The normalized spacial score (nSPS) is 15.6. The van der Waals surface area contributed by atoms with E-state index in [-0.39, 0.29) is 6.61 Å². The molecule has 1 N–H and O–H groups in total. The van der Waals surface area contributed by atoms with E-state index in [1.165, 1.54) is 20.4 Å². The molecule has 0 radical (unpaired) electrons. The Bertz CT molecular complexity index is 840. The monoisotopic (exact) mass is 376 g/mol. The van der Waals surface area contributed by atoms with Gasteiger partial charge in [-0.1, -0.05) is 23.7 Å². The smallest absolute Gasteiger partial charge is 0.284 e. The second kappa shape index (κ2) is 7.97. The van der Waals surface area contributed by atoms with Crippen LogP contribution in [0.2, 0.25) is 5.02 Å². The molecule has 7 nitrogen and oxygen atoms in total. The number of methoxy groups -OCH3 is 2. The predicted octanol–water partition coefficient (Wildman–Crippen LogP) is 2.65. The maximum absolute atomic E-state index is 12.2. The first-order valence-electron chi connectivity index (χ1n) is 7.75. The molecule has 2 aromatic rings. The van der Waals surface area contributed by atoms with Crippen molar-refractivity contribution in [3.05, 3.63) is 47.0 Å². The number of rotatable bonds is 5. The number of carbonyl (C=O) groups excluding carboxylic acids is 1. The third-order valence-corrected chi connectivity index (χ3v) is 3.93. The molecule has 3 rings (SSSR count). The number of fused-ring (bicyclic) bond motifs is 1. The van der Waals surface area contributed by atoms with E-state index >= 15 is 0 Å². The molecule has 0 fully saturated rings. The minimum absolute atomic E-state index is 0.112. The van der Waals surface area contributed by atoms with Gasteiger partial charge in [-0.05, 0) is 29.8 Å². The van der Waals surface area contributed by atoms with Gasteiger partial charge in [-0.25, -0.2) is 5.43 Å². The van der Waals surface area contributed by atoms with Crippen LogP contribution in [-0.4, -0.2) is 39.1 Å². The molecule has 0 aromatic heterocycles. The first-order valence-corrected chi connectivity index (χ1v) is 8.13. The van der Waals surface area contributed by atoms with Gasteiger partial charge in [0.05, 0.1) is 25.5 Å². The lowest BCUT2D eigenvalue weighted by molar-refractivity contribution is -0.130. The van der Waals surface area contributed by atoms with Gasteiger partial charge in [0.1, 0.15) is 6.61 Å². The average molecular weight is 377 g/mol. The lowest BCUT2D eigenvalue weighted by Gasteiger charge is -2.24. The highest BCUT2D eigenvalue weighted by Gasteiger charge is 2.27. The summed E-state index contributed by atoms with van der Waals surface area (Å²) in [6, 6.07) is 10.5. The first kappa shape index (κ1) is 17.9. The fourth-order valence-electron chi connectivity index (χ4n) is 2.40. The van der Waals surface area contributed by atoms with Gasteiger partial charge in [-0.2, -0.15) is 5.10 Å². The molecule has 1 aliphatic heterocycles. The molecule has 1 atom stereocenters. The van der Waals surface area contributed by atoms with E-state index in [0.29, 0.717) is 33.6 Å². The summed E-state index contributed by atoms with van der Waals surface area (Å²) in [6.45, 7) is 0.112. The molecule has 26 heavy (non-hydrogen) atoms. The quantitative estimate of drug-likeness (QED) is 0.641. The van der Waals surface area contributed by atoms with Gasteiger partial charge < -0.3 is 18.9 Å². The largest absolute Gasteiger partial charge is 0.493 e. The van der Waals surface area contributed by atoms with Crippen molar-refractivity contribution in [2.75, 3.05) is 20.8 Å². The van der Waals surface area contributed by atoms with Gasteiger partial charge >= 0.3 is 0 Å². The van der Waals surface area contributed by atoms with E-state index in [1.54, 1.807) is 30.3 Å². The van der Waals surface area contributed by atoms with Crippen molar-refractivity contribution >= 4 is 23.7 Å². The minimum Gasteiger partial charge on any atom is -0.493 e. The Morgan fingerprint density at radius 2 is 2.04 bits per heavy atom. The Kier molecular flexibility index (Phi) is 5.48. The van der Waals surface area contributed by atoms with Crippen LogP contribution >= 0.6 is 11.6 Å². The number of ether oxygens (including phenoxy) is 4. The SMILES string of the molecule is COc1cc(C=NNC(=O)C2COc3ccccc3O2)cc(Cl)c1OC. The van der Waals surface area contributed by atoms with Gasteiger partial charge in [0.15, 0.2) is 23.0 Å². The highest BCUT2D eigenvalue weighted by Crippen LogP contribution is 2.35. The van der Waals surface area contributed by atoms with E-state index in [1.807, 2.05) is 6.07 Å². The van der Waals surface area contributed by atoms with Crippen molar-refractivity contribution in [3.8, 4) is 23.0 Å². The number of hydrogen-bond donors (Lipinski definition) is 1. The number of benzene rings is 2. The molecule has 0 aliphatic carbocycles. The molecule has 1 unspecified atom stereocenters. The van der Waals surface area contributed by atoms with Crippen molar-refractivity contribution in [2.45, 2.75) is 6.10 Å². The fraction of sp³-hybridized carbons (Fsp3) is 0.222. The Morgan fingerprint density at radius 1 is 1.27 bits per heavy atom. The van der Waals surface area contributed by atoms with Gasteiger partial charge in [-0.3, -0.25) is 4.79 Å². The number of halogens is 1. The van der Waals surface area contributed by atoms with Crippen LogP contribution in [0.4, 0.5) is 0 Å². The zero-order valence-corrected chi connectivity index (χ0v) is 14.9. The molecule has 1 heterocycles. The Balaban J connectivity index is 1.64. The molecule has 2 aromatic carbocycles. The predicted molar refractivity (Wildman–Crippen MR) is 96.6 cm³/mol. The molecule has 8 heteroatoms. The van der Waals surface area contributed by atoms with E-state index in [0.717, 1.165) is 0 Å². The third kappa shape index (κ3) is 3.83. The molecule has 0 saturated carbocycles. The van der Waals surface area contributed by atoms with Crippen LogP contribution in [0, 0.1) is 0 Å². The third-order valence-electron chi connectivity index (χ3n) is 3.65. The zero-order chi connectivity index (χ0) is 18.5. The number of nitrogens with zero attached hydrogens (tertiary/aromatic N) is 1. The van der Waals surface area contributed by atoms with Gasteiger partial charge in [-0.15, -0.1) is 0 Å². The maximum Gasteiger partial charge on any atom is 0.284 e. The number of hydrogen-bond acceptors (Lipinski definition) is 6. The second-order valence-electron chi connectivity index (χ2n) is 5.34. The van der Waals surface area contributed by atoms with Gasteiger partial charge in [0, 0.05) is 0 Å². The second-order valence-corrected chi connectivity index (χ2v) is 5.74. The van der Waals surface area contributed by atoms with E-state index in [2.05, 4.69) is 10.5 Å². The molecule has 0 saturated heterocycles. The molecule has 1 aliphatic rings. The summed E-state index contributed by atoms with van der Waals surface area (Å²) in [5.41, 5.74) is 3.07. The Morgan fingerprint density at radius 3 is 2.77 bits per heavy atom.